The minimum absolute atomic E-state index is 0.812. The number of unbranched alkanes of at least 4 members (excludes halogenated alkanes) is 1. The molecule has 0 spiro atoms. The van der Waals surface area contributed by atoms with Crippen molar-refractivity contribution in [2.45, 2.75) is 33.1 Å². The van der Waals surface area contributed by atoms with E-state index < -0.39 is 0 Å². The quantitative estimate of drug-likeness (QED) is 0.698. The van der Waals surface area contributed by atoms with Crippen LogP contribution in [0.25, 0.3) is 10.8 Å². The van der Waals surface area contributed by atoms with Crippen LogP contribution in [0.2, 0.25) is 0 Å². The molecule has 0 unspecified atom stereocenters. The molecule has 2 aromatic rings. The maximum Gasteiger partial charge on any atom is 0.127 e. The van der Waals surface area contributed by atoms with E-state index in [1.165, 1.54) is 43.2 Å². The summed E-state index contributed by atoms with van der Waals surface area (Å²) in [6.45, 7) is 9.34. The molecule has 2 atom stereocenters. The van der Waals surface area contributed by atoms with Gasteiger partial charge in [-0.2, -0.15) is 0 Å². The fraction of sp³-hybridized carbons (Fsp3) is 0.524. The Morgan fingerprint density at radius 2 is 1.70 bits per heavy atom. The Morgan fingerprint density at radius 1 is 0.957 bits per heavy atom. The minimum Gasteiger partial charge on any atom is -0.493 e. The molecule has 2 heteroatoms. The summed E-state index contributed by atoms with van der Waals surface area (Å²) in [5.74, 6) is 2.72. The summed E-state index contributed by atoms with van der Waals surface area (Å²) in [6.07, 6.45) is 3.74. The van der Waals surface area contributed by atoms with Gasteiger partial charge < -0.3 is 9.64 Å². The number of rotatable bonds is 6. The molecule has 0 N–H and O–H groups in total. The molecule has 1 heterocycles. The van der Waals surface area contributed by atoms with Gasteiger partial charge in [-0.05, 0) is 49.1 Å². The molecular formula is C21H29NO. The zero-order valence-corrected chi connectivity index (χ0v) is 14.5. The van der Waals surface area contributed by atoms with Gasteiger partial charge in [-0.1, -0.05) is 50.2 Å². The Balaban J connectivity index is 1.43. The van der Waals surface area contributed by atoms with Crippen LogP contribution in [0.1, 0.15) is 33.1 Å². The smallest absolute Gasteiger partial charge is 0.127 e. The summed E-state index contributed by atoms with van der Waals surface area (Å²) in [7, 11) is 0. The molecule has 23 heavy (non-hydrogen) atoms. The highest BCUT2D eigenvalue weighted by Gasteiger charge is 2.20. The third-order valence-electron chi connectivity index (χ3n) is 4.82. The van der Waals surface area contributed by atoms with E-state index in [0.717, 1.165) is 30.6 Å². The molecule has 0 saturated carbocycles. The lowest BCUT2D eigenvalue weighted by atomic mass is 9.92. The molecule has 3 rings (SSSR count). The summed E-state index contributed by atoms with van der Waals surface area (Å²) in [5, 5.41) is 2.47. The van der Waals surface area contributed by atoms with Crippen LogP contribution in [0.5, 0.6) is 5.75 Å². The first-order valence-corrected chi connectivity index (χ1v) is 9.05. The zero-order chi connectivity index (χ0) is 16.1. The fourth-order valence-electron chi connectivity index (χ4n) is 3.92. The summed E-state index contributed by atoms with van der Waals surface area (Å²) in [4.78, 5) is 2.64. The largest absolute Gasteiger partial charge is 0.493 e. The lowest BCUT2D eigenvalue weighted by Crippen LogP contribution is -2.39. The molecule has 0 amide bonds. The van der Waals surface area contributed by atoms with Crippen LogP contribution in [0.4, 0.5) is 0 Å². The van der Waals surface area contributed by atoms with E-state index in [1.807, 2.05) is 0 Å². The van der Waals surface area contributed by atoms with Crippen molar-refractivity contribution in [1.29, 1.82) is 0 Å². The van der Waals surface area contributed by atoms with Crippen molar-refractivity contribution in [1.82, 2.24) is 4.90 Å². The lowest BCUT2D eigenvalue weighted by Gasteiger charge is -2.34. The molecule has 1 aliphatic rings. The van der Waals surface area contributed by atoms with Gasteiger partial charge >= 0.3 is 0 Å². The first-order chi connectivity index (χ1) is 11.2. The van der Waals surface area contributed by atoms with Gasteiger partial charge in [-0.15, -0.1) is 0 Å². The molecular weight excluding hydrogens is 282 g/mol. The monoisotopic (exact) mass is 311 g/mol. The lowest BCUT2D eigenvalue weighted by molar-refractivity contribution is 0.137. The van der Waals surface area contributed by atoms with E-state index in [4.69, 9.17) is 4.74 Å². The van der Waals surface area contributed by atoms with Crippen LogP contribution < -0.4 is 4.74 Å². The predicted octanol–water partition coefficient (Wildman–Crippen LogP) is 4.98. The number of hydrogen-bond acceptors (Lipinski definition) is 2. The van der Waals surface area contributed by atoms with E-state index >= 15 is 0 Å². The normalized spacial score (nSPS) is 22.3. The first kappa shape index (κ1) is 16.3. The van der Waals surface area contributed by atoms with E-state index in [1.54, 1.807) is 0 Å². The highest BCUT2D eigenvalue weighted by molar-refractivity contribution is 5.88. The standard InChI is InChI=1S/C21H29NO/c1-17-14-18(2)16-22(15-17)12-5-6-13-23-21-11-7-9-19-8-3-4-10-20(19)21/h3-4,7-11,17-18H,5-6,12-16H2,1-2H3/t17-,18-/m1/s1. The van der Waals surface area contributed by atoms with Crippen molar-refractivity contribution in [3.05, 3.63) is 42.5 Å². The van der Waals surface area contributed by atoms with Gasteiger partial charge in [0.05, 0.1) is 6.61 Å². The Hall–Kier alpha value is -1.54. The zero-order valence-electron chi connectivity index (χ0n) is 14.5. The van der Waals surface area contributed by atoms with Gasteiger partial charge in [0.2, 0.25) is 0 Å². The molecule has 1 saturated heterocycles. The summed E-state index contributed by atoms with van der Waals surface area (Å²) < 4.78 is 6.03. The Labute approximate surface area is 140 Å². The van der Waals surface area contributed by atoms with Crippen LogP contribution in [0, 0.1) is 11.8 Å². The molecule has 0 radical (unpaired) electrons. The van der Waals surface area contributed by atoms with Crippen LogP contribution in [-0.4, -0.2) is 31.1 Å². The average molecular weight is 311 g/mol. The highest BCUT2D eigenvalue weighted by Crippen LogP contribution is 2.25. The number of nitrogens with zero attached hydrogens (tertiary/aromatic N) is 1. The van der Waals surface area contributed by atoms with E-state index in [2.05, 4.69) is 61.2 Å². The van der Waals surface area contributed by atoms with Crippen molar-refractivity contribution < 1.29 is 4.74 Å². The van der Waals surface area contributed by atoms with Crippen molar-refractivity contribution >= 4 is 10.8 Å². The molecule has 124 valence electrons. The molecule has 0 aromatic heterocycles. The summed E-state index contributed by atoms with van der Waals surface area (Å²) in [6, 6.07) is 14.7. The third-order valence-corrected chi connectivity index (χ3v) is 4.82. The van der Waals surface area contributed by atoms with Gasteiger partial charge in [0.25, 0.3) is 0 Å². The number of hydrogen-bond donors (Lipinski definition) is 0. The van der Waals surface area contributed by atoms with Gasteiger partial charge in [0.15, 0.2) is 0 Å². The number of likely N-dealkylation sites (tertiary alicyclic amines) is 1. The molecule has 0 bridgehead atoms. The van der Waals surface area contributed by atoms with Gasteiger partial charge in [-0.3, -0.25) is 0 Å². The van der Waals surface area contributed by atoms with E-state index in [9.17, 15) is 0 Å². The second kappa shape index (κ2) is 7.83. The average Bonchev–Trinajstić information content (AvgIpc) is 2.54. The predicted molar refractivity (Wildman–Crippen MR) is 98.1 cm³/mol. The van der Waals surface area contributed by atoms with E-state index in [0.29, 0.717) is 0 Å². The third kappa shape index (κ3) is 4.48. The molecule has 2 nitrogen and oxygen atoms in total. The Morgan fingerprint density at radius 3 is 2.52 bits per heavy atom. The summed E-state index contributed by atoms with van der Waals surface area (Å²) >= 11 is 0. The molecule has 2 aromatic carbocycles. The second-order valence-corrected chi connectivity index (χ2v) is 7.24. The number of benzene rings is 2. The first-order valence-electron chi connectivity index (χ1n) is 9.05. The maximum atomic E-state index is 6.03. The van der Waals surface area contributed by atoms with Gasteiger partial charge in [-0.25, -0.2) is 0 Å². The van der Waals surface area contributed by atoms with Crippen molar-refractivity contribution in [2.24, 2.45) is 11.8 Å². The molecule has 0 aliphatic carbocycles. The van der Waals surface area contributed by atoms with Crippen LogP contribution in [-0.2, 0) is 0 Å². The number of ether oxygens (including phenoxy) is 1. The molecule has 1 fully saturated rings. The van der Waals surface area contributed by atoms with Crippen molar-refractivity contribution in [2.75, 3.05) is 26.2 Å². The van der Waals surface area contributed by atoms with Crippen LogP contribution in [0.15, 0.2) is 42.5 Å². The van der Waals surface area contributed by atoms with Crippen molar-refractivity contribution in [3.8, 4) is 5.75 Å². The Kier molecular flexibility index (Phi) is 5.56. The number of fused-ring (bicyclic) bond motifs is 1. The second-order valence-electron chi connectivity index (χ2n) is 7.24. The minimum atomic E-state index is 0.812. The van der Waals surface area contributed by atoms with Crippen molar-refractivity contribution in [3.63, 3.8) is 0 Å². The van der Waals surface area contributed by atoms with Gasteiger partial charge in [0, 0.05) is 18.5 Å². The Bertz CT molecular complexity index is 609. The summed E-state index contributed by atoms with van der Waals surface area (Å²) in [5.41, 5.74) is 0. The molecule has 1 aliphatic heterocycles. The highest BCUT2D eigenvalue weighted by atomic mass is 16.5. The van der Waals surface area contributed by atoms with Crippen LogP contribution in [0.3, 0.4) is 0 Å². The number of piperidine rings is 1. The SMILES string of the molecule is C[C@@H]1C[C@@H](C)CN(CCCCOc2cccc3ccccc23)C1. The fourth-order valence-corrected chi connectivity index (χ4v) is 3.92. The van der Waals surface area contributed by atoms with Gasteiger partial charge in [0.1, 0.15) is 5.75 Å². The van der Waals surface area contributed by atoms with E-state index in [-0.39, 0.29) is 0 Å². The van der Waals surface area contributed by atoms with Crippen LogP contribution >= 0.6 is 0 Å². The topological polar surface area (TPSA) is 12.5 Å². The maximum absolute atomic E-state index is 6.03.